The molecule has 0 bridgehead atoms. The van der Waals surface area contributed by atoms with E-state index in [-0.39, 0.29) is 5.82 Å². The summed E-state index contributed by atoms with van der Waals surface area (Å²) in [5.41, 5.74) is 8.17. The van der Waals surface area contributed by atoms with E-state index in [1.165, 1.54) is 12.1 Å². The molecule has 0 fully saturated rings. The molecule has 0 spiro atoms. The van der Waals surface area contributed by atoms with Crippen molar-refractivity contribution in [1.29, 1.82) is 0 Å². The lowest BCUT2D eigenvalue weighted by atomic mass is 10.1. The number of nitrogens with two attached hydrogens (primary N) is 1. The molecule has 2 aromatic rings. The van der Waals surface area contributed by atoms with Gasteiger partial charge in [0.25, 0.3) is 0 Å². The molecule has 1 aromatic carbocycles. The minimum Gasteiger partial charge on any atom is -0.383 e. The van der Waals surface area contributed by atoms with E-state index in [1.54, 1.807) is 24.0 Å². The van der Waals surface area contributed by atoms with Crippen LogP contribution in [0.2, 0.25) is 0 Å². The summed E-state index contributed by atoms with van der Waals surface area (Å²) in [6.45, 7) is 1.91. The van der Waals surface area contributed by atoms with Crippen molar-refractivity contribution in [2.24, 2.45) is 7.05 Å². The van der Waals surface area contributed by atoms with Crippen LogP contribution >= 0.6 is 0 Å². The van der Waals surface area contributed by atoms with Crippen LogP contribution < -0.4 is 5.73 Å². The van der Waals surface area contributed by atoms with Crippen molar-refractivity contribution >= 4 is 5.82 Å². The molecule has 4 heteroatoms. The number of hydrogen-bond donors (Lipinski definition) is 1. The summed E-state index contributed by atoms with van der Waals surface area (Å²) in [7, 11) is 1.81. The average molecular weight is 205 g/mol. The van der Waals surface area contributed by atoms with Crippen molar-refractivity contribution in [3.05, 3.63) is 35.9 Å². The fraction of sp³-hybridized carbons (Fsp3) is 0.182. The Morgan fingerprint density at radius 2 is 2.13 bits per heavy atom. The first kappa shape index (κ1) is 9.71. The number of halogens is 1. The quantitative estimate of drug-likeness (QED) is 0.774. The third kappa shape index (κ3) is 1.58. The second kappa shape index (κ2) is 3.38. The Labute approximate surface area is 87.4 Å². The topological polar surface area (TPSA) is 43.8 Å². The van der Waals surface area contributed by atoms with Gasteiger partial charge in [-0.25, -0.2) is 9.37 Å². The highest BCUT2D eigenvalue weighted by molar-refractivity contribution is 5.73. The highest BCUT2D eigenvalue weighted by Crippen LogP contribution is 2.27. The summed E-state index contributed by atoms with van der Waals surface area (Å²) < 4.78 is 14.8. The molecular formula is C11H12FN3. The summed E-state index contributed by atoms with van der Waals surface area (Å²) in [4.78, 5) is 4.16. The molecule has 0 aliphatic carbocycles. The molecule has 0 aliphatic heterocycles. The van der Waals surface area contributed by atoms with Gasteiger partial charge in [-0.3, -0.25) is 0 Å². The maximum absolute atomic E-state index is 13.1. The van der Waals surface area contributed by atoms with Crippen LogP contribution in [0.5, 0.6) is 0 Å². The molecule has 0 amide bonds. The first-order valence-corrected chi connectivity index (χ1v) is 4.63. The molecular weight excluding hydrogens is 193 g/mol. The number of aryl methyl sites for hydroxylation is 2. The Bertz CT molecular complexity index is 503. The number of benzene rings is 1. The fourth-order valence-electron chi connectivity index (χ4n) is 1.50. The van der Waals surface area contributed by atoms with Gasteiger partial charge in [-0.15, -0.1) is 0 Å². The van der Waals surface area contributed by atoms with Crippen LogP contribution in [0, 0.1) is 12.7 Å². The molecule has 2 rings (SSSR count). The maximum Gasteiger partial charge on any atom is 0.131 e. The predicted octanol–water partition coefficient (Wildman–Crippen LogP) is 2.12. The van der Waals surface area contributed by atoms with Crippen LogP contribution in [0.25, 0.3) is 11.3 Å². The molecule has 1 heterocycles. The Morgan fingerprint density at radius 1 is 1.40 bits per heavy atom. The zero-order chi connectivity index (χ0) is 11.0. The second-order valence-corrected chi connectivity index (χ2v) is 3.55. The van der Waals surface area contributed by atoms with Crippen molar-refractivity contribution in [2.45, 2.75) is 6.92 Å². The summed E-state index contributed by atoms with van der Waals surface area (Å²) in [6.07, 6.45) is 1.62. The van der Waals surface area contributed by atoms with Crippen LogP contribution in [0.4, 0.5) is 10.2 Å². The first-order chi connectivity index (χ1) is 7.09. The van der Waals surface area contributed by atoms with Crippen LogP contribution in [0.1, 0.15) is 5.56 Å². The largest absolute Gasteiger partial charge is 0.383 e. The van der Waals surface area contributed by atoms with Gasteiger partial charge < -0.3 is 10.3 Å². The summed E-state index contributed by atoms with van der Waals surface area (Å²) >= 11 is 0. The van der Waals surface area contributed by atoms with E-state index in [2.05, 4.69) is 4.98 Å². The van der Waals surface area contributed by atoms with Gasteiger partial charge in [-0.05, 0) is 24.6 Å². The van der Waals surface area contributed by atoms with Gasteiger partial charge in [0, 0.05) is 12.6 Å². The van der Waals surface area contributed by atoms with E-state index in [9.17, 15) is 4.39 Å². The van der Waals surface area contributed by atoms with Crippen molar-refractivity contribution in [3.8, 4) is 11.3 Å². The first-order valence-electron chi connectivity index (χ1n) is 4.63. The van der Waals surface area contributed by atoms with Crippen LogP contribution in [0.15, 0.2) is 24.5 Å². The fourth-order valence-corrected chi connectivity index (χ4v) is 1.50. The lowest BCUT2D eigenvalue weighted by Crippen LogP contribution is -1.96. The van der Waals surface area contributed by atoms with Gasteiger partial charge in [0.05, 0.1) is 6.33 Å². The number of nitrogens with zero attached hydrogens (tertiary/aromatic N) is 2. The lowest BCUT2D eigenvalue weighted by molar-refractivity contribution is 0.628. The van der Waals surface area contributed by atoms with Crippen molar-refractivity contribution in [3.63, 3.8) is 0 Å². The second-order valence-electron chi connectivity index (χ2n) is 3.55. The predicted molar refractivity (Wildman–Crippen MR) is 57.8 cm³/mol. The Morgan fingerprint density at radius 3 is 2.73 bits per heavy atom. The van der Waals surface area contributed by atoms with Gasteiger partial charge in [0.2, 0.25) is 0 Å². The van der Waals surface area contributed by atoms with Gasteiger partial charge in [0.15, 0.2) is 0 Å². The minimum atomic E-state index is -0.277. The molecule has 0 aliphatic rings. The van der Waals surface area contributed by atoms with Gasteiger partial charge in [0.1, 0.15) is 17.3 Å². The molecule has 2 N–H and O–H groups in total. The Kier molecular flexibility index (Phi) is 2.19. The highest BCUT2D eigenvalue weighted by Gasteiger charge is 2.10. The van der Waals surface area contributed by atoms with Gasteiger partial charge in [-0.2, -0.15) is 0 Å². The summed E-state index contributed by atoms with van der Waals surface area (Å²) in [5, 5.41) is 0. The molecule has 0 atom stereocenters. The van der Waals surface area contributed by atoms with E-state index >= 15 is 0 Å². The van der Waals surface area contributed by atoms with Crippen LogP contribution in [-0.2, 0) is 7.05 Å². The van der Waals surface area contributed by atoms with Crippen LogP contribution in [0.3, 0.4) is 0 Å². The van der Waals surface area contributed by atoms with Crippen molar-refractivity contribution < 1.29 is 4.39 Å². The average Bonchev–Trinajstić information content (AvgIpc) is 2.52. The zero-order valence-electron chi connectivity index (χ0n) is 8.66. The number of hydrogen-bond acceptors (Lipinski definition) is 2. The third-order valence-corrected chi connectivity index (χ3v) is 2.44. The van der Waals surface area contributed by atoms with E-state index in [4.69, 9.17) is 5.73 Å². The van der Waals surface area contributed by atoms with E-state index in [0.717, 1.165) is 11.1 Å². The van der Waals surface area contributed by atoms with Gasteiger partial charge >= 0.3 is 0 Å². The van der Waals surface area contributed by atoms with E-state index < -0.39 is 0 Å². The minimum absolute atomic E-state index is 0.277. The molecule has 1 aromatic heterocycles. The molecule has 0 unspecified atom stereocenters. The number of nitrogen functional groups attached to an aromatic ring is 1. The summed E-state index contributed by atoms with van der Waals surface area (Å²) in [5.74, 6) is 0.268. The number of anilines is 1. The highest BCUT2D eigenvalue weighted by atomic mass is 19.1. The Balaban J connectivity index is 2.63. The molecule has 0 saturated carbocycles. The van der Waals surface area contributed by atoms with E-state index in [0.29, 0.717) is 11.5 Å². The Hall–Kier alpha value is -1.84. The number of aromatic nitrogens is 2. The molecule has 15 heavy (non-hydrogen) atoms. The SMILES string of the molecule is Cc1ccc(F)cc1-c1ncn(C)c1N. The smallest absolute Gasteiger partial charge is 0.131 e. The lowest BCUT2D eigenvalue weighted by Gasteiger charge is -2.04. The normalized spacial score (nSPS) is 10.6. The molecule has 0 radical (unpaired) electrons. The summed E-state index contributed by atoms with van der Waals surface area (Å²) in [6, 6.07) is 4.60. The van der Waals surface area contributed by atoms with Crippen LogP contribution in [-0.4, -0.2) is 9.55 Å². The van der Waals surface area contributed by atoms with E-state index in [1.807, 2.05) is 6.92 Å². The third-order valence-electron chi connectivity index (χ3n) is 2.44. The monoisotopic (exact) mass is 205 g/mol. The number of rotatable bonds is 1. The zero-order valence-corrected chi connectivity index (χ0v) is 8.66. The standard InChI is InChI=1S/C11H12FN3/c1-7-3-4-8(12)5-9(7)10-11(13)15(2)6-14-10/h3-6H,13H2,1-2H3. The maximum atomic E-state index is 13.1. The molecule has 3 nitrogen and oxygen atoms in total. The molecule has 0 saturated heterocycles. The van der Waals surface area contributed by atoms with Crippen molar-refractivity contribution in [1.82, 2.24) is 9.55 Å². The van der Waals surface area contributed by atoms with Gasteiger partial charge in [-0.1, -0.05) is 6.07 Å². The van der Waals surface area contributed by atoms with Crippen molar-refractivity contribution in [2.75, 3.05) is 5.73 Å². The molecule has 78 valence electrons. The number of imidazole rings is 1.